The maximum atomic E-state index is 12.6. The summed E-state index contributed by atoms with van der Waals surface area (Å²) in [6, 6.07) is 6.46. The summed E-state index contributed by atoms with van der Waals surface area (Å²) in [5.41, 5.74) is 1.86. The van der Waals surface area contributed by atoms with Gasteiger partial charge in [0, 0.05) is 29.6 Å². The first-order valence-corrected chi connectivity index (χ1v) is 8.95. The van der Waals surface area contributed by atoms with E-state index in [-0.39, 0.29) is 11.5 Å². The molecule has 0 unspecified atom stereocenters. The summed E-state index contributed by atoms with van der Waals surface area (Å²) in [5.74, 6) is 0.803. The van der Waals surface area contributed by atoms with Crippen LogP contribution in [-0.4, -0.2) is 22.2 Å². The molecule has 2 saturated carbocycles. The van der Waals surface area contributed by atoms with Gasteiger partial charge in [-0.2, -0.15) is 18.3 Å². The number of nitrogens with zero attached hydrogens (tertiary/aromatic N) is 2. The average molecular weight is 363 g/mol. The zero-order valence-electron chi connectivity index (χ0n) is 14.2. The molecule has 0 bridgehead atoms. The fourth-order valence-corrected chi connectivity index (χ4v) is 3.11. The molecule has 1 N–H and O–H groups in total. The highest BCUT2D eigenvalue weighted by Crippen LogP contribution is 2.44. The van der Waals surface area contributed by atoms with Gasteiger partial charge in [0.25, 0.3) is 5.91 Å². The first kappa shape index (κ1) is 17.1. The minimum Gasteiger partial charge on any atom is -0.350 e. The van der Waals surface area contributed by atoms with Gasteiger partial charge < -0.3 is 5.32 Å². The topological polar surface area (TPSA) is 46.9 Å². The second-order valence-electron chi connectivity index (χ2n) is 7.10. The quantitative estimate of drug-likeness (QED) is 0.840. The Hall–Kier alpha value is -2.31. The molecule has 1 aromatic carbocycles. The van der Waals surface area contributed by atoms with Crippen molar-refractivity contribution in [1.82, 2.24) is 15.1 Å². The van der Waals surface area contributed by atoms with Crippen molar-refractivity contribution in [3.63, 3.8) is 0 Å². The van der Waals surface area contributed by atoms with Crippen LogP contribution in [0.3, 0.4) is 0 Å². The lowest BCUT2D eigenvalue weighted by molar-refractivity contribution is -0.137. The third-order valence-electron chi connectivity index (χ3n) is 4.90. The molecule has 1 aromatic heterocycles. The standard InChI is InChI=1S/C19H20F3N3O/c20-19(21,22)15-7-5-14(6-8-15)18(26)23-9-10-25-17(13-3-4-13)11-16(24-25)12-1-2-12/h5-8,11-13H,1-4,9-10H2,(H,23,26). The van der Waals surface area contributed by atoms with E-state index in [1.165, 1.54) is 43.5 Å². The molecule has 138 valence electrons. The predicted octanol–water partition coefficient (Wildman–Crippen LogP) is 4.09. The monoisotopic (exact) mass is 363 g/mol. The fourth-order valence-electron chi connectivity index (χ4n) is 3.11. The zero-order chi connectivity index (χ0) is 18.3. The van der Waals surface area contributed by atoms with E-state index in [1.807, 2.05) is 4.68 Å². The maximum absolute atomic E-state index is 12.6. The second kappa shape index (κ2) is 6.45. The molecule has 4 nitrogen and oxygen atoms in total. The number of hydrogen-bond donors (Lipinski definition) is 1. The molecule has 0 spiro atoms. The number of benzene rings is 1. The molecule has 0 atom stereocenters. The first-order chi connectivity index (χ1) is 12.4. The molecule has 2 aliphatic rings. The number of halogens is 3. The lowest BCUT2D eigenvalue weighted by atomic mass is 10.1. The Bertz CT molecular complexity index is 802. The van der Waals surface area contributed by atoms with E-state index in [0.717, 1.165) is 17.8 Å². The number of aromatic nitrogens is 2. The van der Waals surface area contributed by atoms with Crippen LogP contribution < -0.4 is 5.32 Å². The van der Waals surface area contributed by atoms with Crippen LogP contribution in [0.25, 0.3) is 0 Å². The zero-order valence-corrected chi connectivity index (χ0v) is 14.2. The Morgan fingerprint density at radius 1 is 1.12 bits per heavy atom. The molecule has 2 fully saturated rings. The predicted molar refractivity (Wildman–Crippen MR) is 90.0 cm³/mol. The van der Waals surface area contributed by atoms with Crippen LogP contribution in [-0.2, 0) is 12.7 Å². The Balaban J connectivity index is 1.35. The van der Waals surface area contributed by atoms with Crippen molar-refractivity contribution in [3.05, 3.63) is 52.8 Å². The van der Waals surface area contributed by atoms with Crippen LogP contribution in [0.5, 0.6) is 0 Å². The number of hydrogen-bond acceptors (Lipinski definition) is 2. The van der Waals surface area contributed by atoms with Gasteiger partial charge in [0.1, 0.15) is 0 Å². The summed E-state index contributed by atoms with van der Waals surface area (Å²) < 4.78 is 39.7. The molecule has 0 radical (unpaired) electrons. The van der Waals surface area contributed by atoms with Crippen molar-refractivity contribution in [2.75, 3.05) is 6.54 Å². The van der Waals surface area contributed by atoms with E-state index in [4.69, 9.17) is 0 Å². The number of carbonyl (C=O) groups excluding carboxylic acids is 1. The van der Waals surface area contributed by atoms with Crippen molar-refractivity contribution in [2.24, 2.45) is 0 Å². The van der Waals surface area contributed by atoms with Crippen molar-refractivity contribution < 1.29 is 18.0 Å². The molecular weight excluding hydrogens is 343 g/mol. The van der Waals surface area contributed by atoms with Crippen molar-refractivity contribution in [3.8, 4) is 0 Å². The van der Waals surface area contributed by atoms with Gasteiger partial charge in [-0.1, -0.05) is 0 Å². The normalized spacial score (nSPS) is 17.3. The van der Waals surface area contributed by atoms with Crippen LogP contribution in [0.2, 0.25) is 0 Å². The second-order valence-corrected chi connectivity index (χ2v) is 7.10. The highest BCUT2D eigenvalue weighted by molar-refractivity contribution is 5.94. The van der Waals surface area contributed by atoms with Crippen LogP contribution in [0.1, 0.15) is 64.8 Å². The van der Waals surface area contributed by atoms with Gasteiger partial charge in [0.15, 0.2) is 0 Å². The number of alkyl halides is 3. The van der Waals surface area contributed by atoms with Gasteiger partial charge in [-0.05, 0) is 56.0 Å². The summed E-state index contributed by atoms with van der Waals surface area (Å²) in [6.07, 6.45) is 0.382. The van der Waals surface area contributed by atoms with Gasteiger partial charge in [-0.25, -0.2) is 0 Å². The van der Waals surface area contributed by atoms with Gasteiger partial charge in [-0.3, -0.25) is 9.48 Å². The Morgan fingerprint density at radius 3 is 2.35 bits per heavy atom. The third-order valence-corrected chi connectivity index (χ3v) is 4.90. The molecule has 1 amide bonds. The summed E-state index contributed by atoms with van der Waals surface area (Å²) in [6.45, 7) is 0.969. The molecule has 2 aromatic rings. The highest BCUT2D eigenvalue weighted by atomic mass is 19.4. The molecule has 0 aliphatic heterocycles. The van der Waals surface area contributed by atoms with Crippen molar-refractivity contribution >= 4 is 5.91 Å². The minimum absolute atomic E-state index is 0.222. The third kappa shape index (κ3) is 3.76. The number of carbonyl (C=O) groups is 1. The van der Waals surface area contributed by atoms with Crippen LogP contribution >= 0.6 is 0 Å². The van der Waals surface area contributed by atoms with E-state index >= 15 is 0 Å². The highest BCUT2D eigenvalue weighted by Gasteiger charge is 2.32. The molecule has 7 heteroatoms. The fraction of sp³-hybridized carbons (Fsp3) is 0.474. The SMILES string of the molecule is O=C(NCCn1nc(C2CC2)cc1C1CC1)c1ccc(C(F)(F)F)cc1. The van der Waals surface area contributed by atoms with Crippen LogP contribution in [0, 0.1) is 0 Å². The number of amides is 1. The molecular formula is C19H20F3N3O. The van der Waals surface area contributed by atoms with Crippen LogP contribution in [0.4, 0.5) is 13.2 Å². The van der Waals surface area contributed by atoms with Crippen molar-refractivity contribution in [2.45, 2.75) is 50.2 Å². The van der Waals surface area contributed by atoms with E-state index in [1.54, 1.807) is 0 Å². The number of rotatable bonds is 6. The molecule has 4 rings (SSSR count). The van der Waals surface area contributed by atoms with E-state index < -0.39 is 11.7 Å². The van der Waals surface area contributed by atoms with E-state index in [9.17, 15) is 18.0 Å². The molecule has 26 heavy (non-hydrogen) atoms. The van der Waals surface area contributed by atoms with Gasteiger partial charge in [-0.15, -0.1) is 0 Å². The number of nitrogens with one attached hydrogen (secondary N) is 1. The van der Waals surface area contributed by atoms with Gasteiger partial charge in [0.2, 0.25) is 0 Å². The van der Waals surface area contributed by atoms with Gasteiger partial charge >= 0.3 is 6.18 Å². The Kier molecular flexibility index (Phi) is 4.25. The summed E-state index contributed by atoms with van der Waals surface area (Å²) in [7, 11) is 0. The maximum Gasteiger partial charge on any atom is 0.416 e. The molecule has 0 saturated heterocycles. The smallest absolute Gasteiger partial charge is 0.350 e. The molecule has 1 heterocycles. The summed E-state index contributed by atoms with van der Waals surface area (Å²) in [5, 5.41) is 7.45. The molecule has 2 aliphatic carbocycles. The summed E-state index contributed by atoms with van der Waals surface area (Å²) in [4.78, 5) is 12.1. The summed E-state index contributed by atoms with van der Waals surface area (Å²) >= 11 is 0. The Morgan fingerprint density at radius 2 is 1.77 bits per heavy atom. The van der Waals surface area contributed by atoms with E-state index in [0.29, 0.717) is 24.9 Å². The largest absolute Gasteiger partial charge is 0.416 e. The lowest BCUT2D eigenvalue weighted by Gasteiger charge is -2.10. The average Bonchev–Trinajstić information content (AvgIpc) is 3.53. The van der Waals surface area contributed by atoms with Gasteiger partial charge in [0.05, 0.1) is 17.8 Å². The minimum atomic E-state index is -4.40. The van der Waals surface area contributed by atoms with Crippen LogP contribution in [0.15, 0.2) is 30.3 Å². The lowest BCUT2D eigenvalue weighted by Crippen LogP contribution is -2.28. The van der Waals surface area contributed by atoms with Crippen molar-refractivity contribution in [1.29, 1.82) is 0 Å². The Labute approximate surface area is 149 Å². The first-order valence-electron chi connectivity index (χ1n) is 8.95. The van der Waals surface area contributed by atoms with E-state index in [2.05, 4.69) is 16.5 Å².